The molecule has 2 rings (SSSR count). The molecule has 1 heterocycles. The van der Waals surface area contributed by atoms with Crippen LogP contribution in [0.25, 0.3) is 6.08 Å². The van der Waals surface area contributed by atoms with Crippen molar-refractivity contribution < 1.29 is 24.0 Å². The van der Waals surface area contributed by atoms with Crippen molar-refractivity contribution in [2.24, 2.45) is 5.92 Å². The molecule has 1 aromatic rings. The predicted molar refractivity (Wildman–Crippen MR) is 85.0 cm³/mol. The van der Waals surface area contributed by atoms with Gasteiger partial charge in [-0.3, -0.25) is 24.5 Å². The Balaban J connectivity index is 2.23. The van der Waals surface area contributed by atoms with Gasteiger partial charge in [0.05, 0.1) is 4.92 Å². The summed E-state index contributed by atoms with van der Waals surface area (Å²) in [7, 11) is 1.55. The van der Waals surface area contributed by atoms with E-state index in [1.807, 2.05) is 0 Å². The molecule has 1 N–H and O–H groups in total. The van der Waals surface area contributed by atoms with Crippen LogP contribution in [0.15, 0.2) is 36.1 Å². The lowest BCUT2D eigenvalue weighted by molar-refractivity contribution is -0.384. The average Bonchev–Trinajstić information content (AvgIpc) is 2.51. The maximum Gasteiger partial charge on any atom is 0.329 e. The average molecular weight is 330 g/mol. The van der Waals surface area contributed by atoms with Crippen molar-refractivity contribution in [2.75, 3.05) is 12.4 Å². The molecule has 0 radical (unpaired) electrons. The molecule has 1 aliphatic heterocycles. The van der Waals surface area contributed by atoms with Crippen molar-refractivity contribution in [2.45, 2.75) is 6.92 Å². The Morgan fingerprint density at radius 3 is 2.67 bits per heavy atom. The van der Waals surface area contributed by atoms with Crippen LogP contribution in [0.3, 0.4) is 0 Å². The molecule has 0 bridgehead atoms. The SMILES string of the molecule is CNc1ccc(C=CC(=O)C2C(=O)C=C(C)OC2=O)cc1[N+](=O)[O-]. The number of benzene rings is 1. The summed E-state index contributed by atoms with van der Waals surface area (Å²) in [4.78, 5) is 45.9. The minimum absolute atomic E-state index is 0.135. The van der Waals surface area contributed by atoms with Crippen LogP contribution < -0.4 is 5.32 Å². The molecule has 1 atom stereocenters. The second kappa shape index (κ2) is 6.86. The lowest BCUT2D eigenvalue weighted by Gasteiger charge is -2.15. The summed E-state index contributed by atoms with van der Waals surface area (Å²) >= 11 is 0. The number of esters is 1. The number of carbonyl (C=O) groups excluding carboxylic acids is 3. The van der Waals surface area contributed by atoms with Gasteiger partial charge in [-0.25, -0.2) is 0 Å². The Labute approximate surface area is 136 Å². The van der Waals surface area contributed by atoms with Gasteiger partial charge in [0.1, 0.15) is 11.4 Å². The van der Waals surface area contributed by atoms with E-state index in [-0.39, 0.29) is 11.4 Å². The van der Waals surface area contributed by atoms with E-state index in [9.17, 15) is 24.5 Å². The number of nitro benzene ring substituents is 1. The van der Waals surface area contributed by atoms with E-state index in [1.54, 1.807) is 13.1 Å². The number of cyclic esters (lactones) is 1. The van der Waals surface area contributed by atoms with Gasteiger partial charge in [0, 0.05) is 19.2 Å². The number of hydrogen-bond donors (Lipinski definition) is 1. The predicted octanol–water partition coefficient (Wildman–Crippen LogP) is 1.86. The summed E-state index contributed by atoms with van der Waals surface area (Å²) in [6.07, 6.45) is 3.43. The topological polar surface area (TPSA) is 116 Å². The fraction of sp³-hybridized carbons (Fsp3) is 0.188. The Morgan fingerprint density at radius 2 is 2.08 bits per heavy atom. The van der Waals surface area contributed by atoms with Crippen molar-refractivity contribution in [1.82, 2.24) is 0 Å². The molecule has 1 unspecified atom stereocenters. The molecular weight excluding hydrogens is 316 g/mol. The largest absolute Gasteiger partial charge is 0.430 e. The number of ketones is 2. The van der Waals surface area contributed by atoms with Crippen molar-refractivity contribution in [1.29, 1.82) is 0 Å². The maximum atomic E-state index is 12.1. The van der Waals surface area contributed by atoms with E-state index < -0.39 is 28.4 Å². The fourth-order valence-corrected chi connectivity index (χ4v) is 2.19. The van der Waals surface area contributed by atoms with Crippen LogP contribution in [0.5, 0.6) is 0 Å². The quantitative estimate of drug-likeness (QED) is 0.288. The van der Waals surface area contributed by atoms with Crippen LogP contribution in [-0.4, -0.2) is 29.5 Å². The summed E-state index contributed by atoms with van der Waals surface area (Å²) in [5, 5.41) is 13.7. The van der Waals surface area contributed by atoms with Crippen LogP contribution in [0, 0.1) is 16.0 Å². The fourth-order valence-electron chi connectivity index (χ4n) is 2.19. The van der Waals surface area contributed by atoms with Gasteiger partial charge in [-0.2, -0.15) is 0 Å². The first-order valence-electron chi connectivity index (χ1n) is 6.95. The summed E-state index contributed by atoms with van der Waals surface area (Å²) in [6, 6.07) is 4.34. The monoisotopic (exact) mass is 330 g/mol. The molecule has 0 saturated carbocycles. The Bertz CT molecular complexity index is 794. The first-order chi connectivity index (χ1) is 11.3. The molecule has 8 nitrogen and oxygen atoms in total. The normalized spacial score (nSPS) is 17.4. The van der Waals surface area contributed by atoms with Gasteiger partial charge < -0.3 is 10.1 Å². The second-order valence-electron chi connectivity index (χ2n) is 5.03. The van der Waals surface area contributed by atoms with E-state index in [4.69, 9.17) is 4.74 Å². The number of rotatable bonds is 5. The maximum absolute atomic E-state index is 12.1. The molecule has 24 heavy (non-hydrogen) atoms. The van der Waals surface area contributed by atoms with Gasteiger partial charge in [0.2, 0.25) is 0 Å². The number of nitrogens with zero attached hydrogens (tertiary/aromatic N) is 1. The highest BCUT2D eigenvalue weighted by molar-refractivity contribution is 6.25. The minimum atomic E-state index is -1.53. The molecule has 0 spiro atoms. The van der Waals surface area contributed by atoms with Crippen LogP contribution in [0.4, 0.5) is 11.4 Å². The standard InChI is InChI=1S/C16H14N2O6/c1-9-7-14(20)15(16(21)24-9)13(19)6-4-10-3-5-11(17-2)12(8-10)18(22)23/h3-8,15,17H,1-2H3. The number of allylic oxidation sites excluding steroid dienone is 3. The molecular formula is C16H14N2O6. The Morgan fingerprint density at radius 1 is 1.38 bits per heavy atom. The van der Waals surface area contributed by atoms with Gasteiger partial charge >= 0.3 is 5.97 Å². The molecule has 0 fully saturated rings. The van der Waals surface area contributed by atoms with Gasteiger partial charge in [-0.1, -0.05) is 12.1 Å². The van der Waals surface area contributed by atoms with E-state index in [0.717, 1.165) is 12.2 Å². The van der Waals surface area contributed by atoms with E-state index >= 15 is 0 Å². The van der Waals surface area contributed by atoms with Gasteiger partial charge in [-0.15, -0.1) is 0 Å². The number of nitrogens with one attached hydrogen (secondary N) is 1. The Kier molecular flexibility index (Phi) is 4.88. The number of nitro groups is 1. The van der Waals surface area contributed by atoms with Crippen molar-refractivity contribution in [3.8, 4) is 0 Å². The highest BCUT2D eigenvalue weighted by atomic mass is 16.6. The second-order valence-corrected chi connectivity index (χ2v) is 5.03. The van der Waals surface area contributed by atoms with Crippen molar-refractivity contribution in [3.63, 3.8) is 0 Å². The van der Waals surface area contributed by atoms with E-state index in [2.05, 4.69) is 5.32 Å². The minimum Gasteiger partial charge on any atom is -0.430 e. The number of hydrogen-bond acceptors (Lipinski definition) is 7. The molecule has 124 valence electrons. The molecule has 0 amide bonds. The highest BCUT2D eigenvalue weighted by Gasteiger charge is 2.36. The molecule has 0 saturated heterocycles. The van der Waals surface area contributed by atoms with Crippen LogP contribution in [0.2, 0.25) is 0 Å². The summed E-state index contributed by atoms with van der Waals surface area (Å²) in [5.74, 6) is -3.71. The van der Waals surface area contributed by atoms with Gasteiger partial charge in [0.25, 0.3) is 5.69 Å². The third-order valence-electron chi connectivity index (χ3n) is 3.34. The molecule has 1 aliphatic rings. The molecule has 0 aliphatic carbocycles. The lowest BCUT2D eigenvalue weighted by atomic mass is 9.96. The van der Waals surface area contributed by atoms with Crippen LogP contribution >= 0.6 is 0 Å². The van der Waals surface area contributed by atoms with E-state index in [0.29, 0.717) is 11.3 Å². The third-order valence-corrected chi connectivity index (χ3v) is 3.34. The lowest BCUT2D eigenvalue weighted by Crippen LogP contribution is -2.34. The third kappa shape index (κ3) is 3.54. The molecule has 1 aromatic carbocycles. The summed E-state index contributed by atoms with van der Waals surface area (Å²) in [6.45, 7) is 1.44. The Hall–Kier alpha value is -3.29. The van der Waals surface area contributed by atoms with Crippen LogP contribution in [0.1, 0.15) is 12.5 Å². The zero-order valence-electron chi connectivity index (χ0n) is 12.9. The van der Waals surface area contributed by atoms with Gasteiger partial charge in [-0.05, 0) is 24.6 Å². The number of ether oxygens (including phenoxy) is 1. The number of carbonyl (C=O) groups is 3. The zero-order valence-corrected chi connectivity index (χ0v) is 12.9. The smallest absolute Gasteiger partial charge is 0.329 e. The van der Waals surface area contributed by atoms with Crippen molar-refractivity contribution in [3.05, 3.63) is 51.8 Å². The molecule has 0 aromatic heterocycles. The number of anilines is 1. The zero-order chi connectivity index (χ0) is 17.9. The van der Waals surface area contributed by atoms with Crippen molar-refractivity contribution >= 4 is 35.0 Å². The summed E-state index contributed by atoms with van der Waals surface area (Å²) in [5.41, 5.74) is 0.561. The van der Waals surface area contributed by atoms with E-state index in [1.165, 1.54) is 25.1 Å². The summed E-state index contributed by atoms with van der Waals surface area (Å²) < 4.78 is 4.77. The first-order valence-corrected chi connectivity index (χ1v) is 6.95. The highest BCUT2D eigenvalue weighted by Crippen LogP contribution is 2.25. The van der Waals surface area contributed by atoms with Crippen LogP contribution in [-0.2, 0) is 19.1 Å². The molecule has 8 heteroatoms. The van der Waals surface area contributed by atoms with Gasteiger partial charge in [0.15, 0.2) is 17.5 Å². The first kappa shape index (κ1) is 17.1.